The molecular formula is C23H23FN4O3. The molecule has 2 aromatic carbocycles. The van der Waals surface area contributed by atoms with Crippen LogP contribution >= 0.6 is 0 Å². The fourth-order valence-electron chi connectivity index (χ4n) is 3.59. The topological polar surface area (TPSA) is 71.1 Å². The molecule has 160 valence electrons. The molecule has 0 aliphatic heterocycles. The summed E-state index contributed by atoms with van der Waals surface area (Å²) >= 11 is 0. The molecule has 0 fully saturated rings. The lowest BCUT2D eigenvalue weighted by atomic mass is 10.2. The van der Waals surface area contributed by atoms with Crippen molar-refractivity contribution >= 4 is 11.2 Å². The van der Waals surface area contributed by atoms with Crippen molar-refractivity contribution < 1.29 is 9.13 Å². The highest BCUT2D eigenvalue weighted by Gasteiger charge is 2.20. The minimum Gasteiger partial charge on any atom is -0.497 e. The van der Waals surface area contributed by atoms with E-state index >= 15 is 0 Å². The van der Waals surface area contributed by atoms with Crippen molar-refractivity contribution in [3.63, 3.8) is 0 Å². The molecule has 0 unspecified atom stereocenters. The second-order valence-electron chi connectivity index (χ2n) is 7.80. The molecular weight excluding hydrogens is 399 g/mol. The smallest absolute Gasteiger partial charge is 0.337 e. The minimum atomic E-state index is -0.533. The molecule has 0 aliphatic rings. The Hall–Kier alpha value is -3.68. The van der Waals surface area contributed by atoms with Gasteiger partial charge < -0.3 is 9.30 Å². The van der Waals surface area contributed by atoms with Gasteiger partial charge in [-0.15, -0.1) is 0 Å². The van der Waals surface area contributed by atoms with Gasteiger partial charge in [-0.25, -0.2) is 18.7 Å². The van der Waals surface area contributed by atoms with Gasteiger partial charge in [-0.2, -0.15) is 0 Å². The van der Waals surface area contributed by atoms with Crippen molar-refractivity contribution in [2.45, 2.75) is 26.9 Å². The highest BCUT2D eigenvalue weighted by molar-refractivity contribution is 5.72. The zero-order valence-electron chi connectivity index (χ0n) is 17.6. The van der Waals surface area contributed by atoms with E-state index < -0.39 is 17.1 Å². The van der Waals surface area contributed by atoms with E-state index in [0.717, 1.165) is 5.56 Å². The molecule has 0 bridgehead atoms. The van der Waals surface area contributed by atoms with E-state index in [9.17, 15) is 14.0 Å². The molecule has 2 heterocycles. The Labute approximate surface area is 178 Å². The highest BCUT2D eigenvalue weighted by Crippen LogP contribution is 2.16. The Morgan fingerprint density at radius 1 is 1.03 bits per heavy atom. The van der Waals surface area contributed by atoms with E-state index in [4.69, 9.17) is 4.74 Å². The van der Waals surface area contributed by atoms with Crippen LogP contribution in [0, 0.1) is 11.7 Å². The molecule has 0 saturated heterocycles. The van der Waals surface area contributed by atoms with Crippen LogP contribution in [-0.4, -0.2) is 25.8 Å². The summed E-state index contributed by atoms with van der Waals surface area (Å²) in [5, 5.41) is 0. The van der Waals surface area contributed by atoms with Crippen LogP contribution in [0.3, 0.4) is 0 Å². The second-order valence-corrected chi connectivity index (χ2v) is 7.80. The number of halogens is 1. The average Bonchev–Trinajstić information content (AvgIpc) is 3.15. The number of imidazole rings is 1. The number of aromatic nitrogens is 4. The first kappa shape index (κ1) is 20.6. The Bertz CT molecular complexity index is 1330. The summed E-state index contributed by atoms with van der Waals surface area (Å²) in [6, 6.07) is 12.7. The number of hydrogen-bond donors (Lipinski definition) is 0. The predicted octanol–water partition coefficient (Wildman–Crippen LogP) is 3.20. The normalized spacial score (nSPS) is 11.4. The van der Waals surface area contributed by atoms with Gasteiger partial charge in [0.25, 0.3) is 5.56 Å². The van der Waals surface area contributed by atoms with Crippen molar-refractivity contribution in [3.05, 3.63) is 87.1 Å². The maximum absolute atomic E-state index is 13.5. The molecule has 0 radical (unpaired) electrons. The van der Waals surface area contributed by atoms with Gasteiger partial charge in [0.2, 0.25) is 0 Å². The molecule has 0 amide bonds. The maximum atomic E-state index is 13.5. The van der Waals surface area contributed by atoms with Crippen molar-refractivity contribution in [1.82, 2.24) is 18.7 Å². The first-order valence-electron chi connectivity index (χ1n) is 9.98. The number of benzene rings is 2. The van der Waals surface area contributed by atoms with Gasteiger partial charge in [0.05, 0.1) is 25.7 Å². The zero-order chi connectivity index (χ0) is 22.1. The van der Waals surface area contributed by atoms with E-state index in [0.29, 0.717) is 23.5 Å². The summed E-state index contributed by atoms with van der Waals surface area (Å²) in [5.74, 6) is 0.549. The average molecular weight is 422 g/mol. The summed E-state index contributed by atoms with van der Waals surface area (Å²) in [4.78, 5) is 31.2. The molecule has 0 N–H and O–H groups in total. The van der Waals surface area contributed by atoms with Gasteiger partial charge in [-0.05, 0) is 47.9 Å². The predicted molar refractivity (Wildman–Crippen MR) is 116 cm³/mol. The van der Waals surface area contributed by atoms with Crippen molar-refractivity contribution in [1.29, 1.82) is 0 Å². The van der Waals surface area contributed by atoms with Gasteiger partial charge in [-0.3, -0.25) is 9.36 Å². The van der Waals surface area contributed by atoms with E-state index in [2.05, 4.69) is 4.98 Å². The quantitative estimate of drug-likeness (QED) is 0.478. The summed E-state index contributed by atoms with van der Waals surface area (Å²) in [6.45, 7) is 4.75. The molecule has 0 atom stereocenters. The molecule has 4 aromatic rings. The lowest BCUT2D eigenvalue weighted by Gasteiger charge is -2.14. The second kappa shape index (κ2) is 8.22. The Balaban J connectivity index is 1.96. The van der Waals surface area contributed by atoms with Crippen molar-refractivity contribution in [2.75, 3.05) is 7.11 Å². The summed E-state index contributed by atoms with van der Waals surface area (Å²) < 4.78 is 23.0. The number of hydrogen-bond acceptors (Lipinski definition) is 4. The van der Waals surface area contributed by atoms with Gasteiger partial charge in [-0.1, -0.05) is 26.0 Å². The van der Waals surface area contributed by atoms with Crippen molar-refractivity contribution in [3.8, 4) is 11.4 Å². The number of fused-ring (bicyclic) bond motifs is 1. The first-order valence-corrected chi connectivity index (χ1v) is 9.98. The van der Waals surface area contributed by atoms with Crippen LogP contribution in [0.5, 0.6) is 5.75 Å². The number of nitrogens with zero attached hydrogens (tertiary/aromatic N) is 4. The molecule has 0 aliphatic carbocycles. The fourth-order valence-corrected chi connectivity index (χ4v) is 3.59. The molecule has 0 spiro atoms. The van der Waals surface area contributed by atoms with Crippen LogP contribution in [0.25, 0.3) is 16.9 Å². The van der Waals surface area contributed by atoms with E-state index in [1.165, 1.54) is 33.4 Å². The minimum absolute atomic E-state index is 0.0889. The van der Waals surface area contributed by atoms with Gasteiger partial charge in [0.1, 0.15) is 11.6 Å². The summed E-state index contributed by atoms with van der Waals surface area (Å²) in [7, 11) is 1.57. The third-order valence-electron chi connectivity index (χ3n) is 5.05. The van der Waals surface area contributed by atoms with Crippen LogP contribution in [0.2, 0.25) is 0 Å². The van der Waals surface area contributed by atoms with Crippen molar-refractivity contribution in [2.24, 2.45) is 5.92 Å². The van der Waals surface area contributed by atoms with Crippen LogP contribution < -0.4 is 16.0 Å². The van der Waals surface area contributed by atoms with E-state index in [-0.39, 0.29) is 18.1 Å². The zero-order valence-corrected chi connectivity index (χ0v) is 17.6. The van der Waals surface area contributed by atoms with E-state index in [1.807, 2.05) is 26.0 Å². The van der Waals surface area contributed by atoms with Gasteiger partial charge in [0.15, 0.2) is 11.2 Å². The molecule has 4 rings (SSSR count). The lowest BCUT2D eigenvalue weighted by molar-refractivity contribution is 0.414. The van der Waals surface area contributed by atoms with Crippen LogP contribution in [0.15, 0.2) is 64.4 Å². The first-order chi connectivity index (χ1) is 14.9. The summed E-state index contributed by atoms with van der Waals surface area (Å²) in [6.07, 6.45) is 1.57. The number of ether oxygens (including phenoxy) is 1. The monoisotopic (exact) mass is 422 g/mol. The molecule has 7 nitrogen and oxygen atoms in total. The maximum Gasteiger partial charge on any atom is 0.337 e. The third kappa shape index (κ3) is 3.88. The summed E-state index contributed by atoms with van der Waals surface area (Å²) in [5.41, 5.74) is 0.871. The highest BCUT2D eigenvalue weighted by atomic mass is 19.1. The van der Waals surface area contributed by atoms with E-state index in [1.54, 1.807) is 30.1 Å². The third-order valence-corrected chi connectivity index (χ3v) is 5.05. The fraction of sp³-hybridized carbons (Fsp3) is 0.261. The van der Waals surface area contributed by atoms with Crippen LogP contribution in [0.4, 0.5) is 4.39 Å². The number of rotatable bonds is 6. The van der Waals surface area contributed by atoms with Gasteiger partial charge >= 0.3 is 5.69 Å². The number of methoxy groups -OCH3 is 1. The molecule has 0 saturated carbocycles. The molecule has 8 heteroatoms. The van der Waals surface area contributed by atoms with Crippen LogP contribution in [-0.2, 0) is 13.1 Å². The molecule has 2 aromatic heterocycles. The standard InChI is InChI=1S/C23H23FN4O3/c1-15(2)12-26-14-25-21-20(26)22(29)27(13-16-4-10-19(31-3)11-5-16)23(30)28(21)18-8-6-17(24)7-9-18/h4-11,14-15H,12-13H2,1-3H3. The SMILES string of the molecule is COc1ccc(Cn2c(=O)c3c(ncn3CC(C)C)n(-c3ccc(F)cc3)c2=O)cc1. The van der Waals surface area contributed by atoms with Crippen LogP contribution in [0.1, 0.15) is 19.4 Å². The molecule has 31 heavy (non-hydrogen) atoms. The Kier molecular flexibility index (Phi) is 5.46. The lowest BCUT2D eigenvalue weighted by Crippen LogP contribution is -2.40. The largest absolute Gasteiger partial charge is 0.497 e. The Morgan fingerprint density at radius 3 is 2.32 bits per heavy atom. The van der Waals surface area contributed by atoms with Gasteiger partial charge in [0, 0.05) is 6.54 Å². The Morgan fingerprint density at radius 2 is 1.71 bits per heavy atom.